The van der Waals surface area contributed by atoms with Gasteiger partial charge in [0, 0.05) is 55.2 Å². The van der Waals surface area contributed by atoms with E-state index in [2.05, 4.69) is 27.5 Å². The number of anilines is 1. The van der Waals surface area contributed by atoms with E-state index in [0.717, 1.165) is 58.4 Å². The van der Waals surface area contributed by atoms with E-state index in [1.54, 1.807) is 29.7 Å². The average molecular weight is 394 g/mol. The highest BCUT2D eigenvalue weighted by Gasteiger charge is 2.16. The third kappa shape index (κ3) is 3.39. The molecular weight excluding hydrogens is 375 g/mol. The van der Waals surface area contributed by atoms with Crippen molar-refractivity contribution in [2.75, 3.05) is 18.5 Å². The number of aromatic nitrogens is 3. The molecule has 5 rings (SSSR count). The quantitative estimate of drug-likeness (QED) is 0.537. The number of ether oxygens (including phenoxy) is 1. The average Bonchev–Trinajstić information content (AvgIpc) is 3.38. The van der Waals surface area contributed by atoms with E-state index in [1.807, 2.05) is 16.8 Å². The number of thiazole rings is 1. The van der Waals surface area contributed by atoms with Gasteiger partial charge in [0.2, 0.25) is 0 Å². The number of hydrogen-bond acceptors (Lipinski definition) is 5. The van der Waals surface area contributed by atoms with Crippen molar-refractivity contribution in [1.29, 1.82) is 0 Å². The van der Waals surface area contributed by atoms with Crippen molar-refractivity contribution < 1.29 is 9.13 Å². The van der Waals surface area contributed by atoms with Gasteiger partial charge in [0.1, 0.15) is 11.5 Å². The van der Waals surface area contributed by atoms with E-state index in [-0.39, 0.29) is 5.82 Å². The molecule has 142 valence electrons. The van der Waals surface area contributed by atoms with Crippen LogP contribution in [0.5, 0.6) is 0 Å². The first kappa shape index (κ1) is 17.3. The smallest absolute Gasteiger partial charge is 0.183 e. The number of nitrogens with one attached hydrogen (secondary N) is 1. The van der Waals surface area contributed by atoms with Crippen molar-refractivity contribution in [1.82, 2.24) is 14.4 Å². The van der Waals surface area contributed by atoms with Crippen molar-refractivity contribution in [2.24, 2.45) is 0 Å². The van der Waals surface area contributed by atoms with Crippen LogP contribution in [0.3, 0.4) is 0 Å². The van der Waals surface area contributed by atoms with Crippen LogP contribution in [0.2, 0.25) is 0 Å². The molecule has 1 aliphatic heterocycles. The molecule has 1 N–H and O–H groups in total. The van der Waals surface area contributed by atoms with Crippen LogP contribution in [0.1, 0.15) is 12.8 Å². The minimum Gasteiger partial charge on any atom is -0.381 e. The largest absolute Gasteiger partial charge is 0.381 e. The topological polar surface area (TPSA) is 51.5 Å². The Hall–Kier alpha value is -2.77. The van der Waals surface area contributed by atoms with Crippen LogP contribution in [0.15, 0.2) is 55.1 Å². The van der Waals surface area contributed by atoms with Gasteiger partial charge in [0.05, 0.1) is 4.88 Å². The Bertz CT molecular complexity index is 1100. The van der Waals surface area contributed by atoms with E-state index in [0.29, 0.717) is 6.04 Å². The van der Waals surface area contributed by atoms with Crippen LogP contribution < -0.4 is 5.32 Å². The molecule has 5 nitrogen and oxygen atoms in total. The molecule has 4 aromatic rings. The molecule has 0 unspecified atom stereocenters. The summed E-state index contributed by atoms with van der Waals surface area (Å²) < 4.78 is 20.8. The van der Waals surface area contributed by atoms with E-state index < -0.39 is 0 Å². The van der Waals surface area contributed by atoms with E-state index >= 15 is 0 Å². The molecule has 1 aromatic carbocycles. The summed E-state index contributed by atoms with van der Waals surface area (Å²) >= 11 is 1.64. The van der Waals surface area contributed by atoms with Gasteiger partial charge in [-0.1, -0.05) is 23.5 Å². The second kappa shape index (κ2) is 7.33. The van der Waals surface area contributed by atoms with Gasteiger partial charge in [0.15, 0.2) is 5.13 Å². The summed E-state index contributed by atoms with van der Waals surface area (Å²) in [6.45, 7) is 1.60. The van der Waals surface area contributed by atoms with Crippen LogP contribution in [0.25, 0.3) is 27.2 Å². The number of nitrogens with zero attached hydrogens (tertiary/aromatic N) is 3. The van der Waals surface area contributed by atoms with Gasteiger partial charge in [-0.2, -0.15) is 0 Å². The van der Waals surface area contributed by atoms with Crippen molar-refractivity contribution in [3.05, 3.63) is 60.9 Å². The molecule has 3 aromatic heterocycles. The molecule has 0 aliphatic carbocycles. The first-order valence-electron chi connectivity index (χ1n) is 9.29. The zero-order chi connectivity index (χ0) is 18.9. The van der Waals surface area contributed by atoms with Crippen LogP contribution in [-0.2, 0) is 4.74 Å². The summed E-state index contributed by atoms with van der Waals surface area (Å²) in [6, 6.07) is 9.04. The van der Waals surface area contributed by atoms with Crippen molar-refractivity contribution >= 4 is 22.1 Å². The van der Waals surface area contributed by atoms with Crippen LogP contribution in [0.4, 0.5) is 9.52 Å². The fourth-order valence-corrected chi connectivity index (χ4v) is 4.37. The van der Waals surface area contributed by atoms with Gasteiger partial charge >= 0.3 is 0 Å². The molecule has 0 radical (unpaired) electrons. The number of pyridine rings is 1. The summed E-state index contributed by atoms with van der Waals surface area (Å²) in [5.74, 6) is -0.245. The Morgan fingerprint density at radius 3 is 2.75 bits per heavy atom. The van der Waals surface area contributed by atoms with E-state index in [1.165, 1.54) is 12.1 Å². The molecule has 0 atom stereocenters. The molecule has 7 heteroatoms. The van der Waals surface area contributed by atoms with Crippen LogP contribution >= 0.6 is 11.3 Å². The number of halogens is 1. The minimum absolute atomic E-state index is 0.245. The van der Waals surface area contributed by atoms with Crippen molar-refractivity contribution in [3.8, 4) is 21.6 Å². The van der Waals surface area contributed by atoms with Gasteiger partial charge in [-0.05, 0) is 36.6 Å². The summed E-state index contributed by atoms with van der Waals surface area (Å²) in [6.07, 6.45) is 9.67. The molecule has 4 heterocycles. The molecule has 0 saturated carbocycles. The fraction of sp³-hybridized carbons (Fsp3) is 0.238. The van der Waals surface area contributed by atoms with Gasteiger partial charge in [-0.3, -0.25) is 0 Å². The van der Waals surface area contributed by atoms with Crippen molar-refractivity contribution in [3.63, 3.8) is 0 Å². The fourth-order valence-electron chi connectivity index (χ4n) is 3.50. The number of rotatable bonds is 4. The third-order valence-electron chi connectivity index (χ3n) is 4.98. The summed E-state index contributed by atoms with van der Waals surface area (Å²) in [4.78, 5) is 10.1. The molecule has 1 fully saturated rings. The third-order valence-corrected chi connectivity index (χ3v) is 5.96. The molecule has 0 spiro atoms. The Morgan fingerprint density at radius 1 is 1.11 bits per heavy atom. The molecule has 28 heavy (non-hydrogen) atoms. The molecular formula is C21H19FN4OS. The summed E-state index contributed by atoms with van der Waals surface area (Å²) in [5, 5.41) is 4.45. The molecule has 0 amide bonds. The number of hydrogen-bond donors (Lipinski definition) is 1. The second-order valence-electron chi connectivity index (χ2n) is 6.87. The maximum atomic E-state index is 13.4. The highest BCUT2D eigenvalue weighted by molar-refractivity contribution is 7.18. The molecule has 0 bridgehead atoms. The standard InChI is InChI=1S/C21H19FN4OS/c22-16-3-1-14(2-4-16)18-11-15(13-26-8-7-23-20(18)26)19-12-24-21(28-19)25-17-5-9-27-10-6-17/h1-4,7-8,11-13,17H,5-6,9-10H2,(H,24,25). The maximum absolute atomic E-state index is 13.4. The molecule has 1 aliphatic rings. The predicted octanol–water partition coefficient (Wildman–Crippen LogP) is 4.85. The maximum Gasteiger partial charge on any atom is 0.183 e. The lowest BCUT2D eigenvalue weighted by molar-refractivity contribution is 0.0904. The number of imidazole rings is 1. The summed E-state index contributed by atoms with van der Waals surface area (Å²) in [5.41, 5.74) is 3.81. The minimum atomic E-state index is -0.245. The first-order chi connectivity index (χ1) is 13.8. The zero-order valence-electron chi connectivity index (χ0n) is 15.1. The Morgan fingerprint density at radius 2 is 1.93 bits per heavy atom. The van der Waals surface area contributed by atoms with Gasteiger partial charge in [0.25, 0.3) is 0 Å². The van der Waals surface area contributed by atoms with E-state index in [4.69, 9.17) is 4.74 Å². The first-order valence-corrected chi connectivity index (χ1v) is 10.1. The normalized spacial score (nSPS) is 15.2. The highest BCUT2D eigenvalue weighted by atomic mass is 32.1. The lowest BCUT2D eigenvalue weighted by Crippen LogP contribution is -2.27. The lowest BCUT2D eigenvalue weighted by atomic mass is 10.0. The zero-order valence-corrected chi connectivity index (χ0v) is 16.0. The van der Waals surface area contributed by atoms with Gasteiger partial charge < -0.3 is 14.5 Å². The Labute approximate surface area is 165 Å². The lowest BCUT2D eigenvalue weighted by Gasteiger charge is -2.22. The van der Waals surface area contributed by atoms with Crippen molar-refractivity contribution in [2.45, 2.75) is 18.9 Å². The van der Waals surface area contributed by atoms with E-state index in [9.17, 15) is 4.39 Å². The SMILES string of the molecule is Fc1ccc(-c2cc(-c3cnc(NC4CCOCC4)s3)cn3ccnc23)cc1. The van der Waals surface area contributed by atoms with Gasteiger partial charge in [-0.25, -0.2) is 14.4 Å². The van der Waals surface area contributed by atoms with Crippen LogP contribution in [-0.4, -0.2) is 33.6 Å². The second-order valence-corrected chi connectivity index (χ2v) is 7.90. The molecule has 1 saturated heterocycles. The summed E-state index contributed by atoms with van der Waals surface area (Å²) in [7, 11) is 0. The Kier molecular flexibility index (Phi) is 4.54. The number of fused-ring (bicyclic) bond motifs is 1. The predicted molar refractivity (Wildman–Crippen MR) is 109 cm³/mol. The number of benzene rings is 1. The Balaban J connectivity index is 1.50. The van der Waals surface area contributed by atoms with Gasteiger partial charge in [-0.15, -0.1) is 0 Å². The monoisotopic (exact) mass is 394 g/mol. The van der Waals surface area contributed by atoms with Crippen LogP contribution in [0, 0.1) is 5.82 Å². The highest BCUT2D eigenvalue weighted by Crippen LogP contribution is 2.34.